The first kappa shape index (κ1) is 15.2. The van der Waals surface area contributed by atoms with Gasteiger partial charge in [-0.1, -0.05) is 24.1 Å². The summed E-state index contributed by atoms with van der Waals surface area (Å²) in [6.07, 6.45) is 2.49. The lowest BCUT2D eigenvalue weighted by Gasteiger charge is -2.08. The van der Waals surface area contributed by atoms with Gasteiger partial charge in [-0.3, -0.25) is 9.59 Å². The average Bonchev–Trinajstić information content (AvgIpc) is 2.32. The number of rotatable bonds is 7. The van der Waals surface area contributed by atoms with Crippen molar-refractivity contribution in [2.75, 3.05) is 6.54 Å². The molecule has 104 valence electrons. The number of hydrogen-bond donors (Lipinski definition) is 2. The van der Waals surface area contributed by atoms with Gasteiger partial charge in [-0.05, 0) is 38.3 Å². The summed E-state index contributed by atoms with van der Waals surface area (Å²) >= 11 is 0. The molecule has 0 atom stereocenters. The predicted molar refractivity (Wildman–Crippen MR) is 74.4 cm³/mol. The maximum Gasteiger partial charge on any atom is 0.303 e. The van der Waals surface area contributed by atoms with Crippen LogP contribution in [-0.4, -0.2) is 23.5 Å². The zero-order valence-electron chi connectivity index (χ0n) is 11.5. The first-order chi connectivity index (χ1) is 9.00. The smallest absolute Gasteiger partial charge is 0.303 e. The monoisotopic (exact) mass is 263 g/mol. The van der Waals surface area contributed by atoms with Crippen LogP contribution in [0.15, 0.2) is 18.2 Å². The molecule has 1 amide bonds. The maximum absolute atomic E-state index is 11.9. The minimum atomic E-state index is -0.765. The lowest BCUT2D eigenvalue weighted by Crippen LogP contribution is -2.25. The first-order valence-electron chi connectivity index (χ1n) is 6.58. The number of aryl methyl sites for hydroxylation is 2. The van der Waals surface area contributed by atoms with E-state index in [2.05, 4.69) is 5.32 Å². The normalized spacial score (nSPS) is 10.2. The molecule has 0 heterocycles. The Balaban J connectivity index is 2.29. The van der Waals surface area contributed by atoms with E-state index in [1.807, 2.05) is 32.0 Å². The third-order valence-corrected chi connectivity index (χ3v) is 2.98. The molecule has 0 aromatic heterocycles. The van der Waals surface area contributed by atoms with Crippen LogP contribution < -0.4 is 5.32 Å². The first-order valence-corrected chi connectivity index (χ1v) is 6.58. The Bertz CT molecular complexity index is 455. The van der Waals surface area contributed by atoms with Gasteiger partial charge in [0.2, 0.25) is 0 Å². The summed E-state index contributed by atoms with van der Waals surface area (Å²) < 4.78 is 0. The van der Waals surface area contributed by atoms with E-state index >= 15 is 0 Å². The molecular weight excluding hydrogens is 242 g/mol. The summed E-state index contributed by atoms with van der Waals surface area (Å²) in [7, 11) is 0. The second-order valence-corrected chi connectivity index (χ2v) is 4.78. The number of carboxylic acids is 1. The fraction of sp³-hybridized carbons (Fsp3) is 0.467. The summed E-state index contributed by atoms with van der Waals surface area (Å²) in [5.41, 5.74) is 2.82. The molecule has 0 saturated carbocycles. The molecule has 0 unspecified atom stereocenters. The van der Waals surface area contributed by atoms with E-state index in [1.54, 1.807) is 0 Å². The molecule has 1 rings (SSSR count). The zero-order chi connectivity index (χ0) is 14.3. The number of nitrogens with one attached hydrogen (secondary N) is 1. The molecule has 0 aliphatic carbocycles. The predicted octanol–water partition coefficient (Wildman–Crippen LogP) is 2.68. The van der Waals surface area contributed by atoms with Crippen molar-refractivity contribution in [3.63, 3.8) is 0 Å². The van der Waals surface area contributed by atoms with Crippen molar-refractivity contribution in [1.82, 2.24) is 5.32 Å². The van der Waals surface area contributed by atoms with E-state index < -0.39 is 5.97 Å². The Morgan fingerprint density at radius 3 is 2.53 bits per heavy atom. The van der Waals surface area contributed by atoms with Crippen LogP contribution in [0.2, 0.25) is 0 Å². The molecule has 0 aliphatic rings. The zero-order valence-corrected chi connectivity index (χ0v) is 11.5. The Hall–Kier alpha value is -1.84. The molecule has 1 aromatic carbocycles. The summed E-state index contributed by atoms with van der Waals surface area (Å²) in [5, 5.41) is 11.4. The Labute approximate surface area is 113 Å². The van der Waals surface area contributed by atoms with Crippen LogP contribution >= 0.6 is 0 Å². The van der Waals surface area contributed by atoms with Crippen LogP contribution in [0.25, 0.3) is 0 Å². The molecule has 0 bridgehead atoms. The van der Waals surface area contributed by atoms with Gasteiger partial charge in [0.1, 0.15) is 0 Å². The number of carbonyl (C=O) groups excluding carboxylic acids is 1. The van der Waals surface area contributed by atoms with E-state index in [-0.39, 0.29) is 12.3 Å². The molecule has 0 radical (unpaired) electrons. The van der Waals surface area contributed by atoms with Crippen LogP contribution in [0, 0.1) is 13.8 Å². The fourth-order valence-corrected chi connectivity index (χ4v) is 1.94. The Morgan fingerprint density at radius 2 is 1.89 bits per heavy atom. The molecule has 1 aromatic rings. The highest BCUT2D eigenvalue weighted by Crippen LogP contribution is 2.10. The molecule has 4 heteroatoms. The fourth-order valence-electron chi connectivity index (χ4n) is 1.94. The summed E-state index contributed by atoms with van der Waals surface area (Å²) in [6.45, 7) is 4.51. The van der Waals surface area contributed by atoms with Crippen molar-refractivity contribution >= 4 is 11.9 Å². The number of carboxylic acid groups (broad SMARTS) is 1. The highest BCUT2D eigenvalue weighted by molar-refractivity contribution is 5.95. The van der Waals surface area contributed by atoms with Gasteiger partial charge in [-0.25, -0.2) is 0 Å². The van der Waals surface area contributed by atoms with Crippen LogP contribution in [0.3, 0.4) is 0 Å². The number of aliphatic carboxylic acids is 1. The molecule has 0 spiro atoms. The summed E-state index contributed by atoms with van der Waals surface area (Å²) in [5.74, 6) is -0.824. The standard InChI is InChI=1S/C15H21NO3/c1-11-7-8-13(12(2)10-11)15(19)16-9-5-3-4-6-14(17)18/h7-8,10H,3-6,9H2,1-2H3,(H,16,19)(H,17,18). The van der Waals surface area contributed by atoms with E-state index in [0.29, 0.717) is 18.5 Å². The lowest BCUT2D eigenvalue weighted by molar-refractivity contribution is -0.137. The van der Waals surface area contributed by atoms with Gasteiger partial charge in [0.05, 0.1) is 0 Å². The number of benzene rings is 1. The van der Waals surface area contributed by atoms with Gasteiger partial charge in [-0.2, -0.15) is 0 Å². The molecule has 19 heavy (non-hydrogen) atoms. The van der Waals surface area contributed by atoms with Crippen molar-refractivity contribution in [3.05, 3.63) is 34.9 Å². The van der Waals surface area contributed by atoms with Gasteiger partial charge >= 0.3 is 5.97 Å². The van der Waals surface area contributed by atoms with Gasteiger partial charge in [0.15, 0.2) is 0 Å². The lowest BCUT2D eigenvalue weighted by atomic mass is 10.1. The molecule has 0 fully saturated rings. The van der Waals surface area contributed by atoms with E-state index in [9.17, 15) is 9.59 Å². The second kappa shape index (κ2) is 7.56. The second-order valence-electron chi connectivity index (χ2n) is 4.78. The third-order valence-electron chi connectivity index (χ3n) is 2.98. The molecular formula is C15H21NO3. The number of carbonyl (C=O) groups is 2. The average molecular weight is 263 g/mol. The minimum absolute atomic E-state index is 0.0595. The number of hydrogen-bond acceptors (Lipinski definition) is 2. The minimum Gasteiger partial charge on any atom is -0.481 e. The van der Waals surface area contributed by atoms with Gasteiger partial charge in [-0.15, -0.1) is 0 Å². The highest BCUT2D eigenvalue weighted by Gasteiger charge is 2.07. The van der Waals surface area contributed by atoms with Crippen LogP contribution in [0.4, 0.5) is 0 Å². The topological polar surface area (TPSA) is 66.4 Å². The van der Waals surface area contributed by atoms with Crippen molar-refractivity contribution in [1.29, 1.82) is 0 Å². The van der Waals surface area contributed by atoms with E-state index in [4.69, 9.17) is 5.11 Å². The van der Waals surface area contributed by atoms with Gasteiger partial charge in [0.25, 0.3) is 5.91 Å². The SMILES string of the molecule is Cc1ccc(C(=O)NCCCCCC(=O)O)c(C)c1. The molecule has 0 saturated heterocycles. The van der Waals surface area contributed by atoms with Gasteiger partial charge < -0.3 is 10.4 Å². The maximum atomic E-state index is 11.9. The largest absolute Gasteiger partial charge is 0.481 e. The molecule has 2 N–H and O–H groups in total. The van der Waals surface area contributed by atoms with E-state index in [0.717, 1.165) is 24.0 Å². The van der Waals surface area contributed by atoms with Crippen molar-refractivity contribution < 1.29 is 14.7 Å². The quantitative estimate of drug-likeness (QED) is 0.743. The summed E-state index contributed by atoms with van der Waals surface area (Å²) in [6, 6.07) is 5.75. The number of unbranched alkanes of at least 4 members (excludes halogenated alkanes) is 2. The van der Waals surface area contributed by atoms with Crippen LogP contribution in [-0.2, 0) is 4.79 Å². The van der Waals surface area contributed by atoms with Crippen molar-refractivity contribution in [2.45, 2.75) is 39.5 Å². The Morgan fingerprint density at radius 1 is 1.16 bits per heavy atom. The van der Waals surface area contributed by atoms with Crippen LogP contribution in [0.1, 0.15) is 47.2 Å². The molecule has 4 nitrogen and oxygen atoms in total. The summed E-state index contributed by atoms with van der Waals surface area (Å²) in [4.78, 5) is 22.2. The highest BCUT2D eigenvalue weighted by atomic mass is 16.4. The number of amides is 1. The van der Waals surface area contributed by atoms with Crippen molar-refractivity contribution in [2.24, 2.45) is 0 Å². The van der Waals surface area contributed by atoms with Crippen molar-refractivity contribution in [3.8, 4) is 0 Å². The van der Waals surface area contributed by atoms with Crippen LogP contribution in [0.5, 0.6) is 0 Å². The molecule has 0 aliphatic heterocycles. The van der Waals surface area contributed by atoms with E-state index in [1.165, 1.54) is 0 Å². The van der Waals surface area contributed by atoms with Gasteiger partial charge in [0, 0.05) is 18.5 Å². The third kappa shape index (κ3) is 5.55. The Kier molecular flexibility index (Phi) is 6.06.